The second-order valence-corrected chi connectivity index (χ2v) is 6.96. The number of halogens is 1. The molecule has 1 atom stereocenters. The van der Waals surface area contributed by atoms with Crippen molar-refractivity contribution in [2.45, 2.75) is 31.7 Å². The number of nitrogens with zero attached hydrogens (tertiary/aromatic N) is 1. The van der Waals surface area contributed by atoms with E-state index >= 15 is 0 Å². The summed E-state index contributed by atoms with van der Waals surface area (Å²) < 4.78 is 6.28. The largest absolute Gasteiger partial charge is 0.497 e. The van der Waals surface area contributed by atoms with E-state index in [4.69, 9.17) is 15.5 Å². The van der Waals surface area contributed by atoms with E-state index in [1.807, 2.05) is 18.2 Å². The number of hydrogen-bond donors (Lipinski definition) is 1. The molecule has 0 amide bonds. The van der Waals surface area contributed by atoms with E-state index in [1.54, 1.807) is 18.4 Å². The monoisotopic (exact) mass is 352 g/mol. The number of aryl methyl sites for hydroxylation is 2. The first-order valence-electron chi connectivity index (χ1n) is 6.76. The molecule has 5 heteroatoms. The van der Waals surface area contributed by atoms with Crippen LogP contribution >= 0.6 is 27.3 Å². The predicted octanol–water partition coefficient (Wildman–Crippen LogP) is 3.84. The van der Waals surface area contributed by atoms with Crippen LogP contribution in [0.3, 0.4) is 0 Å². The Balaban J connectivity index is 1.95. The molecule has 1 unspecified atom stereocenters. The fourth-order valence-electron chi connectivity index (χ4n) is 2.53. The van der Waals surface area contributed by atoms with Gasteiger partial charge in [0.2, 0.25) is 0 Å². The van der Waals surface area contributed by atoms with Gasteiger partial charge >= 0.3 is 0 Å². The Bertz CT molecular complexity index is 603. The van der Waals surface area contributed by atoms with Crippen molar-refractivity contribution in [3.8, 4) is 5.75 Å². The van der Waals surface area contributed by atoms with Gasteiger partial charge in [0.05, 0.1) is 18.8 Å². The first kappa shape index (κ1) is 14.0. The summed E-state index contributed by atoms with van der Waals surface area (Å²) in [5.41, 5.74) is 8.69. The highest BCUT2D eigenvalue weighted by molar-refractivity contribution is 9.10. The Morgan fingerprint density at radius 1 is 1.35 bits per heavy atom. The quantitative estimate of drug-likeness (QED) is 0.912. The number of rotatable bonds is 3. The Morgan fingerprint density at radius 2 is 2.15 bits per heavy atom. The number of thiazole rings is 1. The maximum atomic E-state index is 6.42. The summed E-state index contributed by atoms with van der Waals surface area (Å²) in [6.45, 7) is 0. The summed E-state index contributed by atoms with van der Waals surface area (Å²) in [6, 6.07) is 5.68. The zero-order chi connectivity index (χ0) is 14.1. The van der Waals surface area contributed by atoms with Crippen LogP contribution in [0.25, 0.3) is 0 Å². The number of hydrogen-bond acceptors (Lipinski definition) is 4. The van der Waals surface area contributed by atoms with Gasteiger partial charge in [-0.25, -0.2) is 4.98 Å². The molecule has 0 saturated heterocycles. The van der Waals surface area contributed by atoms with Crippen LogP contribution in [0.5, 0.6) is 5.75 Å². The number of fused-ring (bicyclic) bond motifs is 1. The minimum Gasteiger partial charge on any atom is -0.497 e. The summed E-state index contributed by atoms with van der Waals surface area (Å²) in [5.74, 6) is 0.819. The van der Waals surface area contributed by atoms with Crippen LogP contribution < -0.4 is 10.5 Å². The Morgan fingerprint density at radius 3 is 2.90 bits per heavy atom. The first-order chi connectivity index (χ1) is 9.69. The lowest BCUT2D eigenvalue weighted by Gasteiger charge is -2.12. The minimum absolute atomic E-state index is 0.199. The normalized spacial score (nSPS) is 15.8. The molecular weight excluding hydrogens is 336 g/mol. The molecule has 0 fully saturated rings. The van der Waals surface area contributed by atoms with E-state index in [0.29, 0.717) is 0 Å². The summed E-state index contributed by atoms with van der Waals surface area (Å²) in [5, 5.41) is 1.01. The van der Waals surface area contributed by atoms with Gasteiger partial charge in [-0.15, -0.1) is 11.3 Å². The molecule has 3 nitrogen and oxygen atoms in total. The van der Waals surface area contributed by atoms with E-state index in [9.17, 15) is 0 Å². The van der Waals surface area contributed by atoms with Crippen molar-refractivity contribution in [3.05, 3.63) is 43.8 Å². The van der Waals surface area contributed by atoms with Gasteiger partial charge in [0, 0.05) is 9.35 Å². The number of methoxy groups -OCH3 is 1. The van der Waals surface area contributed by atoms with E-state index in [1.165, 1.54) is 23.4 Å². The topological polar surface area (TPSA) is 48.1 Å². The molecule has 0 bridgehead atoms. The summed E-state index contributed by atoms with van der Waals surface area (Å²) >= 11 is 5.33. The molecule has 0 radical (unpaired) electrons. The number of benzene rings is 1. The lowest BCUT2D eigenvalue weighted by molar-refractivity contribution is 0.414. The smallest absolute Gasteiger partial charge is 0.119 e. The lowest BCUT2D eigenvalue weighted by Crippen LogP contribution is -2.12. The van der Waals surface area contributed by atoms with Crippen molar-refractivity contribution in [1.29, 1.82) is 0 Å². The predicted molar refractivity (Wildman–Crippen MR) is 85.5 cm³/mol. The van der Waals surface area contributed by atoms with Gasteiger partial charge in [-0.1, -0.05) is 15.9 Å². The molecule has 1 aliphatic carbocycles. The fourth-order valence-corrected chi connectivity index (χ4v) is 4.19. The third-order valence-electron chi connectivity index (χ3n) is 3.67. The van der Waals surface area contributed by atoms with E-state index in [0.717, 1.165) is 33.6 Å². The Labute approximate surface area is 131 Å². The van der Waals surface area contributed by atoms with Crippen molar-refractivity contribution in [2.75, 3.05) is 7.11 Å². The van der Waals surface area contributed by atoms with Crippen LogP contribution in [0.4, 0.5) is 0 Å². The molecule has 3 rings (SSSR count). The summed E-state index contributed by atoms with van der Waals surface area (Å²) in [7, 11) is 1.67. The van der Waals surface area contributed by atoms with Crippen molar-refractivity contribution >= 4 is 27.3 Å². The molecule has 20 heavy (non-hydrogen) atoms. The van der Waals surface area contributed by atoms with Crippen molar-refractivity contribution < 1.29 is 4.74 Å². The number of nitrogens with two attached hydrogens (primary N) is 1. The summed E-state index contributed by atoms with van der Waals surface area (Å²) in [6.07, 6.45) is 4.76. The highest BCUT2D eigenvalue weighted by Gasteiger charge is 2.21. The molecule has 0 saturated carbocycles. The van der Waals surface area contributed by atoms with Crippen LogP contribution in [0.1, 0.15) is 40.0 Å². The van der Waals surface area contributed by atoms with Crippen molar-refractivity contribution in [2.24, 2.45) is 5.73 Å². The third-order valence-corrected chi connectivity index (χ3v) is 5.63. The first-order valence-corrected chi connectivity index (χ1v) is 8.37. The molecular formula is C15H17BrN2OS. The SMILES string of the molecule is COc1ccc(Br)c(C(N)c2nc3c(s2)CCCC3)c1. The molecule has 0 aliphatic heterocycles. The number of aromatic nitrogens is 1. The number of ether oxygens (including phenoxy) is 1. The summed E-state index contributed by atoms with van der Waals surface area (Å²) in [4.78, 5) is 6.17. The molecule has 0 spiro atoms. The van der Waals surface area contributed by atoms with Crippen LogP contribution in [0.2, 0.25) is 0 Å². The molecule has 1 aromatic carbocycles. The highest BCUT2D eigenvalue weighted by atomic mass is 79.9. The molecule has 106 valence electrons. The van der Waals surface area contributed by atoms with Gasteiger partial charge in [-0.3, -0.25) is 0 Å². The van der Waals surface area contributed by atoms with Crippen LogP contribution in [-0.2, 0) is 12.8 Å². The van der Waals surface area contributed by atoms with Gasteiger partial charge in [0.25, 0.3) is 0 Å². The molecule has 2 aromatic rings. The van der Waals surface area contributed by atoms with Gasteiger partial charge < -0.3 is 10.5 Å². The van der Waals surface area contributed by atoms with Crippen LogP contribution in [-0.4, -0.2) is 12.1 Å². The second kappa shape index (κ2) is 5.84. The molecule has 1 aromatic heterocycles. The van der Waals surface area contributed by atoms with E-state index < -0.39 is 0 Å². The van der Waals surface area contributed by atoms with Crippen LogP contribution in [0, 0.1) is 0 Å². The van der Waals surface area contributed by atoms with Crippen molar-refractivity contribution in [1.82, 2.24) is 4.98 Å². The minimum atomic E-state index is -0.199. The fraction of sp³-hybridized carbons (Fsp3) is 0.400. The maximum absolute atomic E-state index is 6.42. The Kier molecular flexibility index (Phi) is 4.10. The average Bonchev–Trinajstić information content (AvgIpc) is 2.91. The van der Waals surface area contributed by atoms with Crippen molar-refractivity contribution in [3.63, 3.8) is 0 Å². The van der Waals surface area contributed by atoms with E-state index in [-0.39, 0.29) is 6.04 Å². The zero-order valence-electron chi connectivity index (χ0n) is 11.4. The third kappa shape index (κ3) is 2.62. The van der Waals surface area contributed by atoms with E-state index in [2.05, 4.69) is 15.9 Å². The standard InChI is InChI=1S/C15H17BrN2OS/c1-19-9-6-7-11(16)10(8-9)14(17)15-18-12-4-2-3-5-13(12)20-15/h6-8,14H,2-5,17H2,1H3. The van der Waals surface area contributed by atoms with Gasteiger partial charge in [0.1, 0.15) is 10.8 Å². The molecule has 1 heterocycles. The Hall–Kier alpha value is -0.910. The lowest BCUT2D eigenvalue weighted by atomic mass is 10.0. The maximum Gasteiger partial charge on any atom is 0.119 e. The average molecular weight is 353 g/mol. The molecule has 2 N–H and O–H groups in total. The van der Waals surface area contributed by atoms with Crippen LogP contribution in [0.15, 0.2) is 22.7 Å². The van der Waals surface area contributed by atoms with Gasteiger partial charge in [-0.2, -0.15) is 0 Å². The zero-order valence-corrected chi connectivity index (χ0v) is 13.8. The van der Waals surface area contributed by atoms with Gasteiger partial charge in [0.15, 0.2) is 0 Å². The second-order valence-electron chi connectivity index (χ2n) is 4.99. The highest BCUT2D eigenvalue weighted by Crippen LogP contribution is 2.35. The van der Waals surface area contributed by atoms with Gasteiger partial charge in [-0.05, 0) is 49.4 Å². The molecule has 1 aliphatic rings.